The van der Waals surface area contributed by atoms with Crippen molar-refractivity contribution in [2.75, 3.05) is 12.3 Å². The molecule has 1 aromatic rings. The van der Waals surface area contributed by atoms with Gasteiger partial charge in [0.05, 0.1) is 12.3 Å². The number of aryl methyl sites for hydroxylation is 2. The maximum Gasteiger partial charge on any atom is 0.235 e. The molecule has 0 aromatic carbocycles. The van der Waals surface area contributed by atoms with Gasteiger partial charge in [-0.05, 0) is 13.8 Å². The third-order valence-electron chi connectivity index (χ3n) is 1.50. The van der Waals surface area contributed by atoms with Crippen LogP contribution in [0.15, 0.2) is 0 Å². The molecule has 0 bridgehead atoms. The molecule has 4 nitrogen and oxygen atoms in total. The summed E-state index contributed by atoms with van der Waals surface area (Å²) in [6.07, 6.45) is 0. The van der Waals surface area contributed by atoms with Crippen molar-refractivity contribution < 1.29 is 4.74 Å². The highest BCUT2D eigenvalue weighted by Crippen LogP contribution is 2.22. The van der Waals surface area contributed by atoms with Gasteiger partial charge in [0.1, 0.15) is 5.69 Å². The van der Waals surface area contributed by atoms with Crippen molar-refractivity contribution in [3.8, 4) is 5.88 Å². The molecule has 0 atom stereocenters. The molecule has 1 heterocycles. The molecular weight excluding hydrogens is 142 g/mol. The van der Waals surface area contributed by atoms with Gasteiger partial charge in [0.15, 0.2) is 0 Å². The average Bonchev–Trinajstić information content (AvgIpc) is 2.17. The van der Waals surface area contributed by atoms with E-state index in [1.807, 2.05) is 20.9 Å². The number of rotatable bonds is 2. The molecule has 0 aliphatic heterocycles. The monoisotopic (exact) mass is 155 g/mol. The van der Waals surface area contributed by atoms with Crippen molar-refractivity contribution in [2.45, 2.75) is 13.8 Å². The number of nitrogen functional groups attached to an aromatic ring is 1. The second kappa shape index (κ2) is 2.82. The first-order valence-electron chi connectivity index (χ1n) is 3.58. The maximum absolute atomic E-state index is 5.68. The number of hydrogen-bond acceptors (Lipinski definition) is 3. The van der Waals surface area contributed by atoms with E-state index in [4.69, 9.17) is 10.5 Å². The molecule has 0 radical (unpaired) electrons. The smallest absolute Gasteiger partial charge is 0.235 e. The maximum atomic E-state index is 5.68. The predicted octanol–water partition coefficient (Wildman–Crippen LogP) is 0.709. The summed E-state index contributed by atoms with van der Waals surface area (Å²) >= 11 is 0. The topological polar surface area (TPSA) is 53.1 Å². The second-order valence-electron chi connectivity index (χ2n) is 2.36. The van der Waals surface area contributed by atoms with Crippen LogP contribution < -0.4 is 10.5 Å². The van der Waals surface area contributed by atoms with Crippen LogP contribution in [-0.2, 0) is 7.05 Å². The van der Waals surface area contributed by atoms with Crippen molar-refractivity contribution in [1.82, 2.24) is 9.78 Å². The van der Waals surface area contributed by atoms with Crippen molar-refractivity contribution in [3.05, 3.63) is 5.69 Å². The summed E-state index contributed by atoms with van der Waals surface area (Å²) in [5.74, 6) is 0.657. The fourth-order valence-corrected chi connectivity index (χ4v) is 0.961. The van der Waals surface area contributed by atoms with Crippen LogP contribution in [0.3, 0.4) is 0 Å². The lowest BCUT2D eigenvalue weighted by Crippen LogP contribution is -2.00. The molecule has 0 amide bonds. The van der Waals surface area contributed by atoms with Gasteiger partial charge in [-0.2, -0.15) is 5.10 Å². The van der Waals surface area contributed by atoms with Gasteiger partial charge in [0, 0.05) is 7.05 Å². The van der Waals surface area contributed by atoms with Crippen LogP contribution in [-0.4, -0.2) is 16.4 Å². The molecule has 11 heavy (non-hydrogen) atoms. The molecule has 0 aliphatic rings. The van der Waals surface area contributed by atoms with E-state index in [0.717, 1.165) is 5.69 Å². The number of hydrogen-bond donors (Lipinski definition) is 1. The van der Waals surface area contributed by atoms with Gasteiger partial charge in [-0.1, -0.05) is 0 Å². The number of nitrogens with zero attached hydrogens (tertiary/aromatic N) is 2. The van der Waals surface area contributed by atoms with Crippen LogP contribution in [0.4, 0.5) is 5.69 Å². The fourth-order valence-electron chi connectivity index (χ4n) is 0.961. The predicted molar refractivity (Wildman–Crippen MR) is 43.5 cm³/mol. The Morgan fingerprint density at radius 3 is 2.64 bits per heavy atom. The van der Waals surface area contributed by atoms with Crippen LogP contribution in [0, 0.1) is 6.92 Å². The molecule has 1 aromatic heterocycles. The molecule has 0 aliphatic carbocycles. The third kappa shape index (κ3) is 1.29. The Morgan fingerprint density at radius 2 is 2.27 bits per heavy atom. The molecular formula is C7H13N3O. The van der Waals surface area contributed by atoms with Crippen molar-refractivity contribution in [1.29, 1.82) is 0 Å². The molecule has 62 valence electrons. The molecule has 0 saturated carbocycles. The largest absolute Gasteiger partial charge is 0.477 e. The zero-order chi connectivity index (χ0) is 8.43. The average molecular weight is 155 g/mol. The number of ether oxygens (including phenoxy) is 1. The zero-order valence-electron chi connectivity index (χ0n) is 7.09. The molecule has 0 unspecified atom stereocenters. The first-order valence-corrected chi connectivity index (χ1v) is 3.58. The normalized spacial score (nSPS) is 10.1. The summed E-state index contributed by atoms with van der Waals surface area (Å²) in [5.41, 5.74) is 7.13. The lowest BCUT2D eigenvalue weighted by atomic mass is 10.4. The first kappa shape index (κ1) is 7.91. The Morgan fingerprint density at radius 1 is 1.64 bits per heavy atom. The fraction of sp³-hybridized carbons (Fsp3) is 0.571. The highest BCUT2D eigenvalue weighted by atomic mass is 16.5. The van der Waals surface area contributed by atoms with Gasteiger partial charge in [-0.25, -0.2) is 4.68 Å². The van der Waals surface area contributed by atoms with E-state index >= 15 is 0 Å². The quantitative estimate of drug-likeness (QED) is 0.684. The summed E-state index contributed by atoms with van der Waals surface area (Å²) in [6, 6.07) is 0. The van der Waals surface area contributed by atoms with E-state index in [1.165, 1.54) is 0 Å². The molecule has 0 saturated heterocycles. The Hall–Kier alpha value is -1.19. The van der Waals surface area contributed by atoms with Crippen LogP contribution in [0.1, 0.15) is 12.6 Å². The van der Waals surface area contributed by atoms with Gasteiger partial charge < -0.3 is 10.5 Å². The standard InChI is InChI=1S/C7H13N3O/c1-4-11-7-6(8)5(2)9-10(7)3/h4,8H2,1-3H3. The third-order valence-corrected chi connectivity index (χ3v) is 1.50. The van der Waals surface area contributed by atoms with E-state index in [0.29, 0.717) is 18.2 Å². The van der Waals surface area contributed by atoms with Gasteiger partial charge in [0.25, 0.3) is 0 Å². The minimum absolute atomic E-state index is 0.614. The van der Waals surface area contributed by atoms with Gasteiger partial charge in [0.2, 0.25) is 5.88 Å². The number of nitrogens with two attached hydrogens (primary N) is 1. The molecule has 0 spiro atoms. The summed E-state index contributed by atoms with van der Waals surface area (Å²) in [7, 11) is 1.81. The highest BCUT2D eigenvalue weighted by molar-refractivity contribution is 5.52. The van der Waals surface area contributed by atoms with Crippen molar-refractivity contribution in [3.63, 3.8) is 0 Å². The van der Waals surface area contributed by atoms with E-state index in [1.54, 1.807) is 4.68 Å². The second-order valence-corrected chi connectivity index (χ2v) is 2.36. The van der Waals surface area contributed by atoms with Gasteiger partial charge >= 0.3 is 0 Å². The van der Waals surface area contributed by atoms with Gasteiger partial charge in [-0.3, -0.25) is 0 Å². The lowest BCUT2D eigenvalue weighted by Gasteiger charge is -2.02. The lowest BCUT2D eigenvalue weighted by molar-refractivity contribution is 0.311. The Kier molecular flexibility index (Phi) is 2.03. The van der Waals surface area contributed by atoms with Crippen LogP contribution in [0.5, 0.6) is 5.88 Å². The van der Waals surface area contributed by atoms with Gasteiger partial charge in [-0.15, -0.1) is 0 Å². The molecule has 4 heteroatoms. The molecule has 2 N–H and O–H groups in total. The van der Waals surface area contributed by atoms with Crippen molar-refractivity contribution in [2.24, 2.45) is 7.05 Å². The molecule has 1 rings (SSSR count). The summed E-state index contributed by atoms with van der Waals surface area (Å²) < 4.78 is 6.91. The van der Waals surface area contributed by atoms with Crippen LogP contribution in [0.25, 0.3) is 0 Å². The van der Waals surface area contributed by atoms with E-state index in [-0.39, 0.29) is 0 Å². The molecule has 0 fully saturated rings. The number of aromatic nitrogens is 2. The summed E-state index contributed by atoms with van der Waals surface area (Å²) in [6.45, 7) is 4.39. The van der Waals surface area contributed by atoms with E-state index < -0.39 is 0 Å². The SMILES string of the molecule is CCOc1c(N)c(C)nn1C. The zero-order valence-corrected chi connectivity index (χ0v) is 7.09. The Bertz CT molecular complexity index is 254. The van der Waals surface area contributed by atoms with E-state index in [9.17, 15) is 0 Å². The minimum atomic E-state index is 0.614. The number of anilines is 1. The first-order chi connectivity index (χ1) is 5.16. The van der Waals surface area contributed by atoms with Crippen LogP contribution in [0.2, 0.25) is 0 Å². The van der Waals surface area contributed by atoms with E-state index in [2.05, 4.69) is 5.10 Å². The Balaban J connectivity index is 3.02. The highest BCUT2D eigenvalue weighted by Gasteiger charge is 2.09. The summed E-state index contributed by atoms with van der Waals surface area (Å²) in [4.78, 5) is 0. The van der Waals surface area contributed by atoms with Crippen LogP contribution >= 0.6 is 0 Å². The Labute approximate surface area is 66.0 Å². The minimum Gasteiger partial charge on any atom is -0.477 e. The van der Waals surface area contributed by atoms with Crippen molar-refractivity contribution >= 4 is 5.69 Å². The summed E-state index contributed by atoms with van der Waals surface area (Å²) in [5, 5.41) is 4.10.